The highest BCUT2D eigenvalue weighted by Gasteiger charge is 2.20. The monoisotopic (exact) mass is 420 g/mol. The summed E-state index contributed by atoms with van der Waals surface area (Å²) in [5.74, 6) is -0.642. The van der Waals surface area contributed by atoms with Crippen LogP contribution in [-0.2, 0) is 0 Å². The number of nitrogens with zero attached hydrogens (tertiary/aromatic N) is 1. The van der Waals surface area contributed by atoms with Crippen molar-refractivity contribution in [3.8, 4) is 11.1 Å². The van der Waals surface area contributed by atoms with Gasteiger partial charge in [0, 0.05) is 22.7 Å². The van der Waals surface area contributed by atoms with Crippen LogP contribution in [-0.4, -0.2) is 10.8 Å². The number of nitro benzene ring substituents is 1. The normalized spacial score (nSPS) is 10.7. The van der Waals surface area contributed by atoms with Crippen molar-refractivity contribution in [3.05, 3.63) is 104 Å². The molecule has 0 bridgehead atoms. The van der Waals surface area contributed by atoms with Gasteiger partial charge < -0.3 is 9.73 Å². The lowest BCUT2D eigenvalue weighted by molar-refractivity contribution is -0.385. The quantitative estimate of drug-likeness (QED) is 0.275. The number of hydrogen-bond donors (Lipinski definition) is 1. The minimum Gasteiger partial charge on any atom is -0.422 e. The first-order valence-corrected chi connectivity index (χ1v) is 9.19. The number of carbonyl (C=O) groups excluding carboxylic acids is 1. The van der Waals surface area contributed by atoms with E-state index >= 15 is 0 Å². The van der Waals surface area contributed by atoms with Crippen molar-refractivity contribution in [1.82, 2.24) is 0 Å². The van der Waals surface area contributed by atoms with Crippen LogP contribution in [0, 0.1) is 10.1 Å². The van der Waals surface area contributed by atoms with Gasteiger partial charge in [0.25, 0.3) is 11.6 Å². The number of hydrogen-bond acceptors (Lipinski definition) is 5. The third kappa shape index (κ3) is 3.66. The predicted octanol–water partition coefficient (Wildman–Crippen LogP) is 5.27. The molecule has 0 spiro atoms. The van der Waals surface area contributed by atoms with E-state index in [0.717, 1.165) is 5.39 Å². The van der Waals surface area contributed by atoms with Gasteiger partial charge in [-0.2, -0.15) is 0 Å². The molecule has 0 unspecified atom stereocenters. The minimum atomic E-state index is -0.642. The number of para-hydroxylation sites is 2. The van der Waals surface area contributed by atoms with Gasteiger partial charge in [-0.3, -0.25) is 14.9 Å². The molecule has 0 radical (unpaired) electrons. The molecule has 3 aromatic carbocycles. The highest BCUT2D eigenvalue weighted by atomic mass is 35.5. The molecule has 1 amide bonds. The summed E-state index contributed by atoms with van der Waals surface area (Å²) in [5, 5.41) is 14.7. The molecule has 30 heavy (non-hydrogen) atoms. The molecule has 8 heteroatoms. The molecule has 4 rings (SSSR count). The average Bonchev–Trinajstić information content (AvgIpc) is 2.73. The maximum atomic E-state index is 12.5. The summed E-state index contributed by atoms with van der Waals surface area (Å²) < 4.78 is 5.34. The molecule has 1 heterocycles. The Labute approximate surface area is 174 Å². The van der Waals surface area contributed by atoms with Crippen molar-refractivity contribution in [1.29, 1.82) is 0 Å². The van der Waals surface area contributed by atoms with E-state index in [1.807, 2.05) is 12.1 Å². The summed E-state index contributed by atoms with van der Waals surface area (Å²) in [7, 11) is 0. The Morgan fingerprint density at radius 1 is 0.967 bits per heavy atom. The smallest absolute Gasteiger partial charge is 0.344 e. The topological polar surface area (TPSA) is 102 Å². The zero-order valence-electron chi connectivity index (χ0n) is 15.3. The van der Waals surface area contributed by atoms with Crippen LogP contribution in [0.5, 0.6) is 0 Å². The second-order valence-electron chi connectivity index (χ2n) is 6.41. The second kappa shape index (κ2) is 7.81. The Balaban J connectivity index is 1.66. The fourth-order valence-electron chi connectivity index (χ4n) is 3.08. The number of rotatable bonds is 4. The number of benzene rings is 3. The van der Waals surface area contributed by atoms with E-state index in [1.54, 1.807) is 30.3 Å². The van der Waals surface area contributed by atoms with Crippen molar-refractivity contribution in [2.45, 2.75) is 0 Å². The first-order valence-electron chi connectivity index (χ1n) is 8.81. The average molecular weight is 421 g/mol. The van der Waals surface area contributed by atoms with Gasteiger partial charge in [0.15, 0.2) is 0 Å². The fraction of sp³-hybridized carbons (Fsp3) is 0. The molecule has 4 aromatic rings. The van der Waals surface area contributed by atoms with Gasteiger partial charge in [0.1, 0.15) is 11.1 Å². The third-order valence-corrected chi connectivity index (χ3v) is 4.82. The number of fused-ring (bicyclic) bond motifs is 1. The number of halogens is 1. The first kappa shape index (κ1) is 19.4. The van der Waals surface area contributed by atoms with Gasteiger partial charge in [0.2, 0.25) is 0 Å². The Kier molecular flexibility index (Phi) is 5.04. The van der Waals surface area contributed by atoms with Crippen LogP contribution in [0.1, 0.15) is 10.4 Å². The number of nitrogens with one attached hydrogen (secondary N) is 1. The molecule has 1 N–H and O–H groups in total. The Morgan fingerprint density at radius 2 is 1.70 bits per heavy atom. The lowest BCUT2D eigenvalue weighted by Gasteiger charge is -2.09. The summed E-state index contributed by atoms with van der Waals surface area (Å²) in [5.41, 5.74) is 0.625. The third-order valence-electron chi connectivity index (χ3n) is 4.50. The van der Waals surface area contributed by atoms with Crippen LogP contribution in [0.25, 0.3) is 22.1 Å². The van der Waals surface area contributed by atoms with Crippen LogP contribution < -0.4 is 10.9 Å². The molecule has 7 nitrogen and oxygen atoms in total. The van der Waals surface area contributed by atoms with Gasteiger partial charge in [-0.05, 0) is 30.3 Å². The van der Waals surface area contributed by atoms with Crippen molar-refractivity contribution in [2.75, 3.05) is 5.32 Å². The van der Waals surface area contributed by atoms with E-state index in [1.165, 1.54) is 30.3 Å². The molecule has 0 atom stereocenters. The Hall–Kier alpha value is -3.97. The van der Waals surface area contributed by atoms with Crippen LogP contribution >= 0.6 is 11.6 Å². The highest BCUT2D eigenvalue weighted by molar-refractivity contribution is 6.33. The molecule has 0 saturated carbocycles. The predicted molar refractivity (Wildman–Crippen MR) is 114 cm³/mol. The van der Waals surface area contributed by atoms with E-state index in [0.29, 0.717) is 16.8 Å². The number of anilines is 1. The number of carbonyl (C=O) groups is 1. The van der Waals surface area contributed by atoms with Crippen LogP contribution in [0.15, 0.2) is 82.0 Å². The zero-order chi connectivity index (χ0) is 21.3. The zero-order valence-corrected chi connectivity index (χ0v) is 16.1. The number of amides is 1. The standard InChI is InChI=1S/C22H13ClN2O5/c23-18-12-14(24-21(26)16-6-2-3-7-19(16)25(28)29)9-10-15(18)17-11-13-5-1-4-8-20(13)30-22(17)27/h1-12H,(H,24,26). The molecule has 148 valence electrons. The SMILES string of the molecule is O=C(Nc1ccc(-c2cc3ccccc3oc2=O)c(Cl)c1)c1ccccc1[N+](=O)[O-]. The minimum absolute atomic E-state index is 0.0714. The number of nitro groups is 1. The molecule has 1 aromatic heterocycles. The summed E-state index contributed by atoms with van der Waals surface area (Å²) in [6, 6.07) is 19.1. The van der Waals surface area contributed by atoms with Gasteiger partial charge in [0.05, 0.1) is 15.5 Å². The van der Waals surface area contributed by atoms with E-state index in [2.05, 4.69) is 5.32 Å². The van der Waals surface area contributed by atoms with Crippen molar-refractivity contribution < 1.29 is 14.1 Å². The lowest BCUT2D eigenvalue weighted by atomic mass is 10.1. The van der Waals surface area contributed by atoms with Gasteiger partial charge >= 0.3 is 5.63 Å². The maximum Gasteiger partial charge on any atom is 0.344 e. The largest absolute Gasteiger partial charge is 0.422 e. The summed E-state index contributed by atoms with van der Waals surface area (Å²) >= 11 is 6.36. The summed E-state index contributed by atoms with van der Waals surface area (Å²) in [6.45, 7) is 0. The molecular formula is C22H13ClN2O5. The first-order chi connectivity index (χ1) is 14.4. The van der Waals surface area contributed by atoms with E-state index in [9.17, 15) is 19.7 Å². The lowest BCUT2D eigenvalue weighted by Crippen LogP contribution is -2.14. The van der Waals surface area contributed by atoms with Crippen molar-refractivity contribution in [3.63, 3.8) is 0 Å². The molecule has 0 fully saturated rings. The maximum absolute atomic E-state index is 12.5. The van der Waals surface area contributed by atoms with E-state index < -0.39 is 16.5 Å². The van der Waals surface area contributed by atoms with Gasteiger partial charge in [-0.25, -0.2) is 4.79 Å². The Morgan fingerprint density at radius 3 is 2.47 bits per heavy atom. The second-order valence-corrected chi connectivity index (χ2v) is 6.82. The fourth-order valence-corrected chi connectivity index (χ4v) is 3.37. The summed E-state index contributed by atoms with van der Waals surface area (Å²) in [6.07, 6.45) is 0. The van der Waals surface area contributed by atoms with E-state index in [4.69, 9.17) is 16.0 Å². The van der Waals surface area contributed by atoms with Gasteiger partial charge in [-0.1, -0.05) is 48.0 Å². The molecule has 0 aliphatic rings. The highest BCUT2D eigenvalue weighted by Crippen LogP contribution is 2.30. The van der Waals surface area contributed by atoms with Crippen LogP contribution in [0.2, 0.25) is 5.02 Å². The van der Waals surface area contributed by atoms with Gasteiger partial charge in [-0.15, -0.1) is 0 Å². The molecular weight excluding hydrogens is 408 g/mol. The van der Waals surface area contributed by atoms with Crippen LogP contribution in [0.3, 0.4) is 0 Å². The van der Waals surface area contributed by atoms with E-state index in [-0.39, 0.29) is 21.8 Å². The molecule has 0 saturated heterocycles. The molecule has 0 aliphatic carbocycles. The summed E-state index contributed by atoms with van der Waals surface area (Å²) in [4.78, 5) is 35.4. The Bertz CT molecular complexity index is 1360. The van der Waals surface area contributed by atoms with Crippen LogP contribution in [0.4, 0.5) is 11.4 Å². The van der Waals surface area contributed by atoms with Crippen molar-refractivity contribution in [2.24, 2.45) is 0 Å². The molecule has 0 aliphatic heterocycles. The van der Waals surface area contributed by atoms with Crippen molar-refractivity contribution >= 4 is 39.9 Å².